The monoisotopic (exact) mass is 474 g/mol. The molecule has 1 aliphatic heterocycles. The second-order valence-corrected chi connectivity index (χ2v) is 9.31. The van der Waals surface area contributed by atoms with Crippen LogP contribution in [0.25, 0.3) is 21.9 Å². The van der Waals surface area contributed by atoms with Gasteiger partial charge in [-0.15, -0.1) is 5.10 Å². The third kappa shape index (κ3) is 3.77. The molecule has 3 heterocycles. The Balaban J connectivity index is 1.56. The Morgan fingerprint density at radius 2 is 1.68 bits per heavy atom. The summed E-state index contributed by atoms with van der Waals surface area (Å²) in [7, 11) is 1.59. The quantitative estimate of drug-likeness (QED) is 0.360. The van der Waals surface area contributed by atoms with Gasteiger partial charge in [0, 0.05) is 12.1 Å². The van der Waals surface area contributed by atoms with Gasteiger partial charge in [-0.05, 0) is 24.6 Å². The molecule has 0 saturated carbocycles. The third-order valence-corrected chi connectivity index (χ3v) is 7.17. The number of benzene rings is 2. The molecule has 0 radical (unpaired) electrons. The molecule has 0 atom stereocenters. The van der Waals surface area contributed by atoms with Crippen LogP contribution in [-0.4, -0.2) is 34.2 Å². The Hall–Kier alpha value is -3.52. The first-order chi connectivity index (χ1) is 16.6. The Kier molecular flexibility index (Phi) is 6.15. The number of thiazole rings is 1. The van der Waals surface area contributed by atoms with Crippen LogP contribution in [0, 0.1) is 0 Å². The molecular weight excluding hydrogens is 448 g/mol. The lowest BCUT2D eigenvalue weighted by atomic mass is 10.1. The highest BCUT2D eigenvalue weighted by Gasteiger charge is 2.34. The molecule has 0 bridgehead atoms. The summed E-state index contributed by atoms with van der Waals surface area (Å²) >= 11 is 1.21. The van der Waals surface area contributed by atoms with Crippen LogP contribution in [0.3, 0.4) is 0 Å². The van der Waals surface area contributed by atoms with Crippen LogP contribution in [0.2, 0.25) is 0 Å². The van der Waals surface area contributed by atoms with E-state index in [0.29, 0.717) is 38.7 Å². The predicted molar refractivity (Wildman–Crippen MR) is 134 cm³/mol. The van der Waals surface area contributed by atoms with Gasteiger partial charge in [-0.3, -0.25) is 9.59 Å². The van der Waals surface area contributed by atoms with Crippen molar-refractivity contribution < 1.29 is 9.53 Å². The molecule has 5 rings (SSSR count). The standard InChI is InChI=1S/C26H26N4O3S/c1-3-4-5-6-11-16-29-19-14-9-7-12-17(19)21(24(29)31)22-25(32)30-26(34-22)27-23(28-30)18-13-8-10-15-20(18)33-2/h7-10,12-15H,3-6,11,16H2,1-2H3. The fourth-order valence-electron chi connectivity index (χ4n) is 4.42. The summed E-state index contributed by atoms with van der Waals surface area (Å²) in [6.07, 6.45) is 5.59. The molecule has 8 heteroatoms. The topological polar surface area (TPSA) is 76.8 Å². The molecule has 2 aromatic heterocycles. The number of hydrogen-bond acceptors (Lipinski definition) is 6. The van der Waals surface area contributed by atoms with E-state index in [9.17, 15) is 9.59 Å². The molecule has 0 aliphatic carbocycles. The number of fused-ring (bicyclic) bond motifs is 2. The predicted octanol–water partition coefficient (Wildman–Crippen LogP) is 4.06. The molecule has 0 unspecified atom stereocenters. The van der Waals surface area contributed by atoms with Gasteiger partial charge in [0.2, 0.25) is 4.96 Å². The van der Waals surface area contributed by atoms with E-state index in [0.717, 1.165) is 24.1 Å². The van der Waals surface area contributed by atoms with Crippen molar-refractivity contribution in [3.63, 3.8) is 0 Å². The lowest BCUT2D eigenvalue weighted by molar-refractivity contribution is -0.113. The zero-order valence-corrected chi connectivity index (χ0v) is 20.1. The molecule has 1 amide bonds. The summed E-state index contributed by atoms with van der Waals surface area (Å²) in [6.45, 7) is 2.84. The largest absolute Gasteiger partial charge is 0.496 e. The van der Waals surface area contributed by atoms with Crippen molar-refractivity contribution in [1.82, 2.24) is 14.6 Å². The Bertz CT molecular complexity index is 1470. The zero-order valence-electron chi connectivity index (χ0n) is 19.3. The van der Waals surface area contributed by atoms with Gasteiger partial charge < -0.3 is 9.64 Å². The fraction of sp³-hybridized carbons (Fsp3) is 0.308. The highest BCUT2D eigenvalue weighted by Crippen LogP contribution is 2.35. The minimum atomic E-state index is -0.323. The summed E-state index contributed by atoms with van der Waals surface area (Å²) in [5.41, 5.74) is 2.51. The molecule has 7 nitrogen and oxygen atoms in total. The van der Waals surface area contributed by atoms with Gasteiger partial charge in [-0.1, -0.05) is 74.3 Å². The minimum Gasteiger partial charge on any atom is -0.496 e. The van der Waals surface area contributed by atoms with Crippen LogP contribution in [0.5, 0.6) is 5.75 Å². The second kappa shape index (κ2) is 9.38. The fourth-order valence-corrected chi connectivity index (χ4v) is 5.42. The van der Waals surface area contributed by atoms with Crippen LogP contribution in [0.4, 0.5) is 5.69 Å². The van der Waals surface area contributed by atoms with E-state index in [1.807, 2.05) is 53.4 Å². The van der Waals surface area contributed by atoms with E-state index < -0.39 is 0 Å². The van der Waals surface area contributed by atoms with E-state index in [-0.39, 0.29) is 11.5 Å². The lowest BCUT2D eigenvalue weighted by Crippen LogP contribution is -2.33. The number of para-hydroxylation sites is 2. The normalized spacial score (nSPS) is 14.8. The van der Waals surface area contributed by atoms with Gasteiger partial charge in [-0.2, -0.15) is 9.50 Å². The number of carbonyl (C=O) groups excluding carboxylic acids is 1. The number of nitrogens with zero attached hydrogens (tertiary/aromatic N) is 4. The van der Waals surface area contributed by atoms with Gasteiger partial charge in [0.1, 0.15) is 10.3 Å². The third-order valence-electron chi connectivity index (χ3n) is 6.14. The van der Waals surface area contributed by atoms with E-state index in [1.54, 1.807) is 7.11 Å². The van der Waals surface area contributed by atoms with Gasteiger partial charge in [0.15, 0.2) is 5.82 Å². The minimum absolute atomic E-state index is 0.122. The molecule has 174 valence electrons. The van der Waals surface area contributed by atoms with Crippen LogP contribution in [0.15, 0.2) is 53.3 Å². The number of anilines is 1. The molecule has 4 aromatic rings. The van der Waals surface area contributed by atoms with Crippen molar-refractivity contribution in [2.24, 2.45) is 0 Å². The van der Waals surface area contributed by atoms with Crippen molar-refractivity contribution in [1.29, 1.82) is 0 Å². The van der Waals surface area contributed by atoms with E-state index >= 15 is 0 Å². The molecule has 0 fully saturated rings. The number of carbonyl (C=O) groups is 1. The maximum Gasteiger partial charge on any atom is 0.291 e. The molecule has 34 heavy (non-hydrogen) atoms. The summed E-state index contributed by atoms with van der Waals surface area (Å²) < 4.78 is 7.08. The van der Waals surface area contributed by atoms with Gasteiger partial charge in [0.25, 0.3) is 11.5 Å². The Labute approximate surface area is 201 Å². The van der Waals surface area contributed by atoms with E-state index in [1.165, 1.54) is 35.1 Å². The van der Waals surface area contributed by atoms with Gasteiger partial charge in [0.05, 0.1) is 23.9 Å². The Morgan fingerprint density at radius 1 is 0.941 bits per heavy atom. The van der Waals surface area contributed by atoms with Crippen molar-refractivity contribution in [2.75, 3.05) is 18.6 Å². The Morgan fingerprint density at radius 3 is 2.44 bits per heavy atom. The van der Waals surface area contributed by atoms with Crippen molar-refractivity contribution >= 4 is 33.5 Å². The summed E-state index contributed by atoms with van der Waals surface area (Å²) in [5, 5.41) is 4.45. The van der Waals surface area contributed by atoms with Crippen LogP contribution in [-0.2, 0) is 4.79 Å². The summed E-state index contributed by atoms with van der Waals surface area (Å²) in [5.74, 6) is 0.935. The first-order valence-electron chi connectivity index (χ1n) is 11.6. The highest BCUT2D eigenvalue weighted by atomic mass is 32.1. The zero-order chi connectivity index (χ0) is 23.7. The lowest BCUT2D eigenvalue weighted by Gasteiger charge is -2.16. The van der Waals surface area contributed by atoms with Crippen LogP contribution >= 0.6 is 11.3 Å². The summed E-state index contributed by atoms with van der Waals surface area (Å²) in [4.78, 5) is 33.7. The first-order valence-corrected chi connectivity index (χ1v) is 12.4. The molecular formula is C26H26N4O3S. The highest BCUT2D eigenvalue weighted by molar-refractivity contribution is 7.15. The number of methoxy groups -OCH3 is 1. The van der Waals surface area contributed by atoms with Crippen molar-refractivity contribution in [2.45, 2.75) is 39.0 Å². The smallest absolute Gasteiger partial charge is 0.291 e. The van der Waals surface area contributed by atoms with Gasteiger partial charge in [-0.25, -0.2) is 0 Å². The van der Waals surface area contributed by atoms with E-state index in [4.69, 9.17) is 4.74 Å². The summed E-state index contributed by atoms with van der Waals surface area (Å²) in [6, 6.07) is 15.1. The number of amides is 1. The number of unbranched alkanes of at least 4 members (excludes halogenated alkanes) is 4. The molecule has 2 aromatic carbocycles. The average molecular weight is 475 g/mol. The molecule has 1 aliphatic rings. The number of rotatable bonds is 8. The molecule has 0 N–H and O–H groups in total. The maximum atomic E-state index is 13.5. The first kappa shape index (κ1) is 22.3. The number of ether oxygens (including phenoxy) is 1. The molecule has 0 spiro atoms. The number of aromatic nitrogens is 3. The maximum absolute atomic E-state index is 13.5. The van der Waals surface area contributed by atoms with E-state index in [2.05, 4.69) is 17.0 Å². The number of hydrogen-bond donors (Lipinski definition) is 0. The van der Waals surface area contributed by atoms with Crippen molar-refractivity contribution in [3.8, 4) is 17.1 Å². The SMILES string of the molecule is CCCCCCCN1C(=O)C(=c2sc3nc(-c4ccccc4OC)nn3c2=O)c2ccccc21. The molecule has 0 saturated heterocycles. The van der Waals surface area contributed by atoms with Crippen molar-refractivity contribution in [3.05, 3.63) is 69.0 Å². The second-order valence-electron chi connectivity index (χ2n) is 8.33. The van der Waals surface area contributed by atoms with Gasteiger partial charge >= 0.3 is 0 Å². The van der Waals surface area contributed by atoms with Crippen LogP contribution < -0.4 is 19.7 Å². The van der Waals surface area contributed by atoms with Crippen LogP contribution in [0.1, 0.15) is 44.6 Å². The average Bonchev–Trinajstić information content (AvgIpc) is 3.49.